The quantitative estimate of drug-likeness (QED) is 0.746. The molecule has 138 valence electrons. The van der Waals surface area contributed by atoms with Crippen LogP contribution in [0.3, 0.4) is 0 Å². The van der Waals surface area contributed by atoms with Gasteiger partial charge in [-0.15, -0.1) is 11.3 Å². The second-order valence-electron chi connectivity index (χ2n) is 7.42. The molecule has 2 heterocycles. The van der Waals surface area contributed by atoms with Crippen molar-refractivity contribution < 1.29 is 9.59 Å². The van der Waals surface area contributed by atoms with E-state index in [1.807, 2.05) is 55.1 Å². The highest BCUT2D eigenvalue weighted by molar-refractivity contribution is 7.17. The van der Waals surface area contributed by atoms with Crippen molar-refractivity contribution in [2.75, 3.05) is 27.2 Å². The van der Waals surface area contributed by atoms with Crippen molar-refractivity contribution in [1.82, 2.24) is 9.80 Å². The third-order valence-corrected chi connectivity index (χ3v) is 6.12. The van der Waals surface area contributed by atoms with Gasteiger partial charge in [0.1, 0.15) is 0 Å². The summed E-state index contributed by atoms with van der Waals surface area (Å²) in [6.07, 6.45) is 1.03. The van der Waals surface area contributed by atoms with Crippen LogP contribution in [0.4, 0.5) is 0 Å². The summed E-state index contributed by atoms with van der Waals surface area (Å²) in [4.78, 5) is 30.8. The molecule has 5 heteroatoms. The summed E-state index contributed by atoms with van der Waals surface area (Å²) in [5.41, 5.74) is 1.77. The molecular formula is C21H26N2O2S. The van der Waals surface area contributed by atoms with Crippen LogP contribution in [-0.2, 0) is 0 Å². The Bertz CT molecular complexity index is 793. The zero-order chi connectivity index (χ0) is 18.8. The zero-order valence-corrected chi connectivity index (χ0v) is 16.7. The Morgan fingerprint density at radius 1 is 1.12 bits per heavy atom. The number of hydrogen-bond acceptors (Lipinski definition) is 4. The van der Waals surface area contributed by atoms with Gasteiger partial charge >= 0.3 is 0 Å². The molecule has 1 aliphatic heterocycles. The summed E-state index contributed by atoms with van der Waals surface area (Å²) in [6.45, 7) is 5.44. The zero-order valence-electron chi connectivity index (χ0n) is 15.9. The maximum absolute atomic E-state index is 12.7. The smallest absolute Gasteiger partial charge is 0.253 e. The number of benzene rings is 1. The van der Waals surface area contributed by atoms with Crippen molar-refractivity contribution in [2.45, 2.75) is 26.3 Å². The van der Waals surface area contributed by atoms with Gasteiger partial charge in [0.2, 0.25) is 0 Å². The van der Waals surface area contributed by atoms with E-state index in [2.05, 4.69) is 19.0 Å². The summed E-state index contributed by atoms with van der Waals surface area (Å²) < 4.78 is 0. The van der Waals surface area contributed by atoms with Crippen molar-refractivity contribution in [1.29, 1.82) is 0 Å². The van der Waals surface area contributed by atoms with Crippen molar-refractivity contribution in [2.24, 2.45) is 5.92 Å². The van der Waals surface area contributed by atoms with E-state index in [1.54, 1.807) is 0 Å². The molecule has 1 fully saturated rings. The van der Waals surface area contributed by atoms with Crippen LogP contribution < -0.4 is 0 Å². The number of carbonyl (C=O) groups is 2. The summed E-state index contributed by atoms with van der Waals surface area (Å²) >= 11 is 1.52. The molecule has 4 nitrogen and oxygen atoms in total. The number of likely N-dealkylation sites (N-methyl/N-ethyl adjacent to an activating group) is 1. The van der Waals surface area contributed by atoms with Crippen LogP contribution in [-0.4, -0.2) is 54.7 Å². The Morgan fingerprint density at radius 3 is 2.38 bits per heavy atom. The van der Waals surface area contributed by atoms with Gasteiger partial charge in [0.15, 0.2) is 5.78 Å². The summed E-state index contributed by atoms with van der Waals surface area (Å²) in [5.74, 6) is 0.285. The van der Waals surface area contributed by atoms with Crippen molar-refractivity contribution >= 4 is 23.0 Å². The maximum atomic E-state index is 12.7. The van der Waals surface area contributed by atoms with E-state index < -0.39 is 0 Å². The third-order valence-electron chi connectivity index (χ3n) is 4.97. The summed E-state index contributed by atoms with van der Waals surface area (Å²) in [6, 6.07) is 12.1. The Balaban J connectivity index is 1.71. The second-order valence-corrected chi connectivity index (χ2v) is 8.50. The average Bonchev–Trinajstić information content (AvgIpc) is 3.30. The van der Waals surface area contributed by atoms with Gasteiger partial charge in [0.05, 0.1) is 4.88 Å². The topological polar surface area (TPSA) is 40.6 Å². The Morgan fingerprint density at radius 2 is 1.81 bits per heavy atom. The fourth-order valence-corrected chi connectivity index (χ4v) is 4.32. The Kier molecular flexibility index (Phi) is 5.58. The lowest BCUT2D eigenvalue weighted by molar-refractivity contribution is 0.0783. The van der Waals surface area contributed by atoms with Crippen molar-refractivity contribution in [3.8, 4) is 10.4 Å². The molecule has 1 aromatic carbocycles. The van der Waals surface area contributed by atoms with Gasteiger partial charge in [0.25, 0.3) is 5.91 Å². The minimum atomic E-state index is 0.00736. The van der Waals surface area contributed by atoms with Gasteiger partial charge in [-0.05, 0) is 50.3 Å². The minimum Gasteiger partial charge on any atom is -0.337 e. The number of thiophene rings is 1. The van der Waals surface area contributed by atoms with Crippen LogP contribution in [0, 0.1) is 5.92 Å². The lowest BCUT2D eigenvalue weighted by Crippen LogP contribution is -2.34. The maximum Gasteiger partial charge on any atom is 0.253 e. The van der Waals surface area contributed by atoms with Crippen LogP contribution in [0.5, 0.6) is 0 Å². The fourth-order valence-electron chi connectivity index (χ4n) is 3.22. The molecule has 0 spiro atoms. The number of hydrogen-bond donors (Lipinski definition) is 0. The standard InChI is InChI=1S/C21H26N2O2S/c1-14(2)20(24)19-10-9-18(26-19)15-5-7-16(8-6-15)21(25)23-12-11-17(13-23)22(3)4/h5-10,14,17H,11-13H2,1-4H3. The van der Waals surface area contributed by atoms with Crippen LogP contribution in [0.2, 0.25) is 0 Å². The van der Waals surface area contributed by atoms with E-state index in [0.717, 1.165) is 40.4 Å². The van der Waals surface area contributed by atoms with Gasteiger partial charge in [-0.2, -0.15) is 0 Å². The van der Waals surface area contributed by atoms with Crippen molar-refractivity contribution in [3.05, 3.63) is 46.8 Å². The van der Waals surface area contributed by atoms with E-state index in [4.69, 9.17) is 0 Å². The fraction of sp³-hybridized carbons (Fsp3) is 0.429. The second kappa shape index (κ2) is 7.72. The molecule has 0 radical (unpaired) electrons. The Hall–Kier alpha value is -1.98. The Labute approximate surface area is 159 Å². The van der Waals surface area contributed by atoms with Gasteiger partial charge in [-0.3, -0.25) is 9.59 Å². The predicted octanol–water partition coefficient (Wildman–Crippen LogP) is 4.03. The van der Waals surface area contributed by atoms with Crippen molar-refractivity contribution in [3.63, 3.8) is 0 Å². The van der Waals surface area contributed by atoms with E-state index >= 15 is 0 Å². The molecule has 0 aliphatic carbocycles. The molecular weight excluding hydrogens is 344 g/mol. The molecule has 1 amide bonds. The third kappa shape index (κ3) is 3.89. The monoisotopic (exact) mass is 370 g/mol. The molecule has 2 aromatic rings. The number of likely N-dealkylation sites (tertiary alicyclic amines) is 1. The highest BCUT2D eigenvalue weighted by Crippen LogP contribution is 2.30. The van der Waals surface area contributed by atoms with Gasteiger partial charge in [-0.1, -0.05) is 26.0 Å². The number of rotatable bonds is 5. The van der Waals surface area contributed by atoms with E-state index in [-0.39, 0.29) is 17.6 Å². The summed E-state index contributed by atoms with van der Waals surface area (Å²) in [7, 11) is 4.12. The molecule has 3 rings (SSSR count). The average molecular weight is 371 g/mol. The number of ketones is 1. The lowest BCUT2D eigenvalue weighted by atomic mass is 10.1. The molecule has 1 unspecified atom stereocenters. The van der Waals surface area contributed by atoms with Crippen LogP contribution in [0.25, 0.3) is 10.4 Å². The number of Topliss-reactive ketones (excluding diaryl/α,β-unsaturated/α-hetero) is 1. The summed E-state index contributed by atoms with van der Waals surface area (Å²) in [5, 5.41) is 0. The largest absolute Gasteiger partial charge is 0.337 e. The molecule has 0 saturated carbocycles. The van der Waals surface area contributed by atoms with Gasteiger partial charge < -0.3 is 9.80 Å². The molecule has 0 bridgehead atoms. The number of nitrogens with zero attached hydrogens (tertiary/aromatic N) is 2. The van der Waals surface area contributed by atoms with E-state index in [9.17, 15) is 9.59 Å². The van der Waals surface area contributed by atoms with Crippen LogP contribution >= 0.6 is 11.3 Å². The molecule has 1 aliphatic rings. The van der Waals surface area contributed by atoms with Gasteiger partial charge in [0, 0.05) is 35.5 Å². The first-order valence-electron chi connectivity index (χ1n) is 9.07. The highest BCUT2D eigenvalue weighted by Gasteiger charge is 2.28. The van der Waals surface area contributed by atoms with Crippen LogP contribution in [0.15, 0.2) is 36.4 Å². The molecule has 1 aromatic heterocycles. The normalized spacial score (nSPS) is 17.3. The number of amides is 1. The van der Waals surface area contributed by atoms with E-state index in [0.29, 0.717) is 6.04 Å². The van der Waals surface area contributed by atoms with E-state index in [1.165, 1.54) is 11.3 Å². The highest BCUT2D eigenvalue weighted by atomic mass is 32.1. The lowest BCUT2D eigenvalue weighted by Gasteiger charge is -2.20. The molecule has 1 saturated heterocycles. The van der Waals surface area contributed by atoms with Gasteiger partial charge in [-0.25, -0.2) is 0 Å². The number of carbonyl (C=O) groups excluding carboxylic acids is 2. The SMILES string of the molecule is CC(C)C(=O)c1ccc(-c2ccc(C(=O)N3CCC(N(C)C)C3)cc2)s1. The minimum absolute atomic E-state index is 0.00736. The molecule has 1 atom stereocenters. The predicted molar refractivity (Wildman–Crippen MR) is 107 cm³/mol. The first kappa shape index (κ1) is 18.8. The molecule has 0 N–H and O–H groups in total. The first-order valence-corrected chi connectivity index (χ1v) is 9.88. The first-order chi connectivity index (χ1) is 12.4. The van der Waals surface area contributed by atoms with Crippen LogP contribution in [0.1, 0.15) is 40.3 Å². The molecule has 26 heavy (non-hydrogen) atoms.